The number of H-pyrrole nitrogens is 1. The van der Waals surface area contributed by atoms with Gasteiger partial charge in [0.25, 0.3) is 0 Å². The minimum Gasteiger partial charge on any atom is -0.469 e. The van der Waals surface area contributed by atoms with Crippen LogP contribution in [0.15, 0.2) is 16.7 Å². The normalized spacial score (nSPS) is 10.5. The number of nitrogens with zero attached hydrogens (tertiary/aromatic N) is 2. The Kier molecular flexibility index (Phi) is 1.62. The summed E-state index contributed by atoms with van der Waals surface area (Å²) in [6.07, 6.45) is 1.59. The predicted molar refractivity (Wildman–Crippen MR) is 43.8 cm³/mol. The second-order valence-electron chi connectivity index (χ2n) is 2.34. The lowest BCUT2D eigenvalue weighted by Gasteiger charge is -1.87. The standard InChI is InChI=1S/C7H6ClN3O/c1-4-5(2-3-12-4)6-9-7(8)11-10-6/h2-3H,1H3,(H,9,10,11). The van der Waals surface area contributed by atoms with E-state index in [4.69, 9.17) is 16.0 Å². The van der Waals surface area contributed by atoms with Crippen LogP contribution in [0.3, 0.4) is 0 Å². The molecule has 0 aromatic carbocycles. The van der Waals surface area contributed by atoms with Crippen molar-refractivity contribution >= 4 is 11.6 Å². The molecular formula is C7H6ClN3O. The van der Waals surface area contributed by atoms with Crippen molar-refractivity contribution in [1.82, 2.24) is 15.2 Å². The van der Waals surface area contributed by atoms with Crippen molar-refractivity contribution in [3.05, 3.63) is 23.4 Å². The molecule has 5 heteroatoms. The first kappa shape index (κ1) is 7.36. The highest BCUT2D eigenvalue weighted by Gasteiger charge is 2.08. The predicted octanol–water partition coefficient (Wildman–Crippen LogP) is 2.03. The Bertz CT molecular complexity index is 393. The third-order valence-electron chi connectivity index (χ3n) is 1.56. The summed E-state index contributed by atoms with van der Waals surface area (Å²) in [5.41, 5.74) is 0.859. The number of furan rings is 1. The van der Waals surface area contributed by atoms with Crippen LogP contribution in [0.1, 0.15) is 5.76 Å². The van der Waals surface area contributed by atoms with Gasteiger partial charge >= 0.3 is 0 Å². The van der Waals surface area contributed by atoms with Gasteiger partial charge in [-0.15, -0.1) is 0 Å². The van der Waals surface area contributed by atoms with Gasteiger partial charge in [0.2, 0.25) is 5.28 Å². The van der Waals surface area contributed by atoms with E-state index in [1.807, 2.05) is 6.92 Å². The number of aryl methyl sites for hydroxylation is 1. The molecule has 0 bridgehead atoms. The van der Waals surface area contributed by atoms with E-state index in [9.17, 15) is 0 Å². The number of halogens is 1. The van der Waals surface area contributed by atoms with Crippen LogP contribution in [0.25, 0.3) is 11.4 Å². The Morgan fingerprint density at radius 1 is 1.58 bits per heavy atom. The Labute approximate surface area is 73.6 Å². The molecule has 0 atom stereocenters. The van der Waals surface area contributed by atoms with Gasteiger partial charge in [0, 0.05) is 0 Å². The highest BCUT2D eigenvalue weighted by atomic mass is 35.5. The molecule has 2 heterocycles. The van der Waals surface area contributed by atoms with Crippen LogP contribution >= 0.6 is 11.6 Å². The van der Waals surface area contributed by atoms with Gasteiger partial charge in [-0.3, -0.25) is 0 Å². The maximum Gasteiger partial charge on any atom is 0.218 e. The van der Waals surface area contributed by atoms with Crippen LogP contribution in [-0.2, 0) is 0 Å². The molecule has 0 radical (unpaired) electrons. The van der Waals surface area contributed by atoms with Gasteiger partial charge in [0.15, 0.2) is 5.82 Å². The molecule has 0 unspecified atom stereocenters. The van der Waals surface area contributed by atoms with Crippen LogP contribution in [0, 0.1) is 6.92 Å². The summed E-state index contributed by atoms with van der Waals surface area (Å²) in [6.45, 7) is 1.85. The quantitative estimate of drug-likeness (QED) is 0.736. The lowest BCUT2D eigenvalue weighted by Crippen LogP contribution is -1.79. The van der Waals surface area contributed by atoms with Gasteiger partial charge in [-0.25, -0.2) is 5.10 Å². The summed E-state index contributed by atoms with van der Waals surface area (Å²) in [5, 5.41) is 6.72. The Morgan fingerprint density at radius 3 is 2.92 bits per heavy atom. The van der Waals surface area contributed by atoms with Gasteiger partial charge < -0.3 is 4.42 Å². The van der Waals surface area contributed by atoms with Crippen LogP contribution in [0.2, 0.25) is 5.28 Å². The molecule has 62 valence electrons. The first-order chi connectivity index (χ1) is 5.77. The number of hydrogen-bond donors (Lipinski definition) is 1. The van der Waals surface area contributed by atoms with E-state index in [0.29, 0.717) is 5.82 Å². The molecule has 0 spiro atoms. The molecule has 2 rings (SSSR count). The number of nitrogens with one attached hydrogen (secondary N) is 1. The fourth-order valence-corrected chi connectivity index (χ4v) is 1.10. The molecule has 0 amide bonds. The highest BCUT2D eigenvalue weighted by Crippen LogP contribution is 2.20. The van der Waals surface area contributed by atoms with E-state index in [-0.39, 0.29) is 5.28 Å². The van der Waals surface area contributed by atoms with Crippen LogP contribution < -0.4 is 0 Å². The van der Waals surface area contributed by atoms with Crippen molar-refractivity contribution in [1.29, 1.82) is 0 Å². The minimum absolute atomic E-state index is 0.283. The van der Waals surface area contributed by atoms with Crippen LogP contribution in [0.5, 0.6) is 0 Å². The zero-order chi connectivity index (χ0) is 8.55. The molecule has 4 nitrogen and oxygen atoms in total. The zero-order valence-electron chi connectivity index (χ0n) is 6.34. The summed E-state index contributed by atoms with van der Waals surface area (Å²) < 4.78 is 5.09. The van der Waals surface area contributed by atoms with Gasteiger partial charge in [0.1, 0.15) is 5.76 Å². The molecule has 1 N–H and O–H groups in total. The molecule has 0 aliphatic rings. The van der Waals surface area contributed by atoms with Crippen molar-refractivity contribution in [3.63, 3.8) is 0 Å². The van der Waals surface area contributed by atoms with Gasteiger partial charge in [-0.05, 0) is 24.6 Å². The summed E-state index contributed by atoms with van der Waals surface area (Å²) in [6, 6.07) is 1.80. The van der Waals surface area contributed by atoms with Crippen molar-refractivity contribution in [2.24, 2.45) is 0 Å². The lowest BCUT2D eigenvalue weighted by atomic mass is 10.2. The maximum absolute atomic E-state index is 5.57. The molecule has 2 aromatic heterocycles. The Balaban J connectivity index is 2.50. The molecular weight excluding hydrogens is 178 g/mol. The SMILES string of the molecule is Cc1occc1-c1n[nH]c(Cl)n1. The smallest absolute Gasteiger partial charge is 0.218 e. The monoisotopic (exact) mass is 183 g/mol. The third kappa shape index (κ3) is 1.10. The van der Waals surface area contributed by atoms with E-state index >= 15 is 0 Å². The molecule has 12 heavy (non-hydrogen) atoms. The van der Waals surface area contributed by atoms with Crippen LogP contribution in [0.4, 0.5) is 0 Å². The van der Waals surface area contributed by atoms with Gasteiger partial charge in [-0.2, -0.15) is 10.1 Å². The molecule has 0 aliphatic carbocycles. The van der Waals surface area contributed by atoms with Crippen LogP contribution in [-0.4, -0.2) is 15.2 Å². The summed E-state index contributed by atoms with van der Waals surface area (Å²) in [7, 11) is 0. The summed E-state index contributed by atoms with van der Waals surface area (Å²) in [5.74, 6) is 1.34. The van der Waals surface area contributed by atoms with Gasteiger partial charge in [0.05, 0.1) is 11.8 Å². The van der Waals surface area contributed by atoms with E-state index in [2.05, 4.69) is 15.2 Å². The van der Waals surface area contributed by atoms with E-state index in [0.717, 1.165) is 11.3 Å². The molecule has 0 fully saturated rings. The molecule has 0 saturated carbocycles. The van der Waals surface area contributed by atoms with Crippen molar-refractivity contribution in [2.45, 2.75) is 6.92 Å². The van der Waals surface area contributed by atoms with Crippen molar-refractivity contribution in [2.75, 3.05) is 0 Å². The first-order valence-corrected chi connectivity index (χ1v) is 3.77. The van der Waals surface area contributed by atoms with Crippen molar-refractivity contribution in [3.8, 4) is 11.4 Å². The summed E-state index contributed by atoms with van der Waals surface area (Å²) in [4.78, 5) is 3.95. The van der Waals surface area contributed by atoms with E-state index in [1.54, 1.807) is 12.3 Å². The average Bonchev–Trinajstić information content (AvgIpc) is 2.58. The first-order valence-electron chi connectivity index (χ1n) is 3.40. The fraction of sp³-hybridized carbons (Fsp3) is 0.143. The number of hydrogen-bond acceptors (Lipinski definition) is 3. The van der Waals surface area contributed by atoms with Crippen molar-refractivity contribution < 1.29 is 4.42 Å². The third-order valence-corrected chi connectivity index (χ3v) is 1.73. The second kappa shape index (κ2) is 2.64. The van der Waals surface area contributed by atoms with E-state index in [1.165, 1.54) is 0 Å². The largest absolute Gasteiger partial charge is 0.469 e. The molecule has 0 aliphatic heterocycles. The number of aromatic nitrogens is 3. The second-order valence-corrected chi connectivity index (χ2v) is 2.70. The molecule has 2 aromatic rings. The minimum atomic E-state index is 0.283. The number of aromatic amines is 1. The zero-order valence-corrected chi connectivity index (χ0v) is 7.09. The maximum atomic E-state index is 5.57. The highest BCUT2D eigenvalue weighted by molar-refractivity contribution is 6.28. The lowest BCUT2D eigenvalue weighted by molar-refractivity contribution is 0.535. The van der Waals surface area contributed by atoms with E-state index < -0.39 is 0 Å². The summed E-state index contributed by atoms with van der Waals surface area (Å²) >= 11 is 5.57. The number of rotatable bonds is 1. The average molecular weight is 184 g/mol. The topological polar surface area (TPSA) is 54.7 Å². The fourth-order valence-electron chi connectivity index (χ4n) is 0.979. The molecule has 0 saturated heterocycles. The van der Waals surface area contributed by atoms with Gasteiger partial charge in [-0.1, -0.05) is 0 Å². The Morgan fingerprint density at radius 2 is 2.42 bits per heavy atom. The Hall–Kier alpha value is -1.29.